The maximum absolute atomic E-state index is 9.44. The van der Waals surface area contributed by atoms with Gasteiger partial charge < -0.3 is 10.0 Å². The minimum Gasteiger partial charge on any atom is -0.373 e. The van der Waals surface area contributed by atoms with Crippen molar-refractivity contribution in [1.29, 1.82) is 0 Å². The van der Waals surface area contributed by atoms with E-state index >= 15 is 0 Å². The Balaban J connectivity index is 2.47. The third kappa shape index (κ3) is 0.906. The first kappa shape index (κ1) is 6.68. The molecule has 1 aromatic rings. The Hall–Kier alpha value is -1.02. The summed E-state index contributed by atoms with van der Waals surface area (Å²) >= 11 is 0. The zero-order valence-electron chi connectivity index (χ0n) is 6.49. The molecule has 2 heteroatoms. The Bertz CT molecular complexity index is 272. The molecule has 58 valence electrons. The van der Waals surface area contributed by atoms with E-state index in [1.165, 1.54) is 5.56 Å². The van der Waals surface area contributed by atoms with Crippen molar-refractivity contribution in [3.05, 3.63) is 29.8 Å². The maximum atomic E-state index is 9.44. The molecular weight excluding hydrogens is 138 g/mol. The van der Waals surface area contributed by atoms with Crippen molar-refractivity contribution >= 4 is 5.69 Å². The number of likely N-dealkylation sites (N-methyl/N-ethyl adjacent to an activating group) is 1. The van der Waals surface area contributed by atoms with Crippen LogP contribution in [0, 0.1) is 0 Å². The predicted molar refractivity (Wildman–Crippen MR) is 44.6 cm³/mol. The lowest BCUT2D eigenvalue weighted by Crippen LogP contribution is -2.26. The van der Waals surface area contributed by atoms with Crippen LogP contribution in [0.1, 0.15) is 5.56 Å². The number of nitrogens with zero attached hydrogens (tertiary/aromatic N) is 1. The van der Waals surface area contributed by atoms with Crippen LogP contribution in [0.3, 0.4) is 0 Å². The number of aliphatic hydroxyl groups is 1. The molecule has 0 radical (unpaired) electrons. The Morgan fingerprint density at radius 1 is 1.45 bits per heavy atom. The molecule has 0 saturated heterocycles. The van der Waals surface area contributed by atoms with Crippen LogP contribution in [0.2, 0.25) is 0 Å². The van der Waals surface area contributed by atoms with Gasteiger partial charge in [0.2, 0.25) is 0 Å². The molecule has 0 amide bonds. The molecule has 0 fully saturated rings. The Morgan fingerprint density at radius 2 is 2.18 bits per heavy atom. The van der Waals surface area contributed by atoms with E-state index in [9.17, 15) is 5.11 Å². The van der Waals surface area contributed by atoms with Crippen molar-refractivity contribution in [3.8, 4) is 0 Å². The highest BCUT2D eigenvalue weighted by Gasteiger charge is 2.22. The van der Waals surface area contributed by atoms with Gasteiger partial charge in [-0.25, -0.2) is 0 Å². The lowest BCUT2D eigenvalue weighted by molar-refractivity contribution is 0.185. The smallest absolute Gasteiger partial charge is 0.130 e. The fraction of sp³-hybridized carbons (Fsp3) is 0.333. The molecule has 2 nitrogen and oxygen atoms in total. The molecule has 1 heterocycles. The average Bonchev–Trinajstić information content (AvgIpc) is 2.30. The van der Waals surface area contributed by atoms with Crippen molar-refractivity contribution in [2.45, 2.75) is 12.6 Å². The van der Waals surface area contributed by atoms with Gasteiger partial charge in [-0.1, -0.05) is 18.2 Å². The fourth-order valence-electron chi connectivity index (χ4n) is 1.52. The van der Waals surface area contributed by atoms with Gasteiger partial charge in [-0.2, -0.15) is 0 Å². The van der Waals surface area contributed by atoms with Crippen molar-refractivity contribution in [2.75, 3.05) is 11.9 Å². The van der Waals surface area contributed by atoms with Gasteiger partial charge in [0.25, 0.3) is 0 Å². The molecule has 1 atom stereocenters. The standard InChI is InChI=1S/C9H11NO/c1-10-8-5-3-2-4-7(8)6-9(10)11/h2-5,9,11H,6H2,1H3. The number of anilines is 1. The first-order valence-corrected chi connectivity index (χ1v) is 3.78. The molecule has 1 aliphatic heterocycles. The molecule has 0 aliphatic carbocycles. The molecule has 0 spiro atoms. The molecule has 0 bridgehead atoms. The first-order chi connectivity index (χ1) is 5.29. The van der Waals surface area contributed by atoms with Crippen LogP contribution >= 0.6 is 0 Å². The Morgan fingerprint density at radius 3 is 2.91 bits per heavy atom. The van der Waals surface area contributed by atoms with E-state index in [0.29, 0.717) is 0 Å². The summed E-state index contributed by atoms with van der Waals surface area (Å²) < 4.78 is 0. The van der Waals surface area contributed by atoms with Gasteiger partial charge in [-0.3, -0.25) is 0 Å². The Kier molecular flexibility index (Phi) is 1.36. The van der Waals surface area contributed by atoms with E-state index in [2.05, 4.69) is 6.07 Å². The largest absolute Gasteiger partial charge is 0.373 e. The quantitative estimate of drug-likeness (QED) is 0.594. The second kappa shape index (κ2) is 2.24. The van der Waals surface area contributed by atoms with E-state index in [-0.39, 0.29) is 6.23 Å². The topological polar surface area (TPSA) is 23.5 Å². The summed E-state index contributed by atoms with van der Waals surface area (Å²) in [6, 6.07) is 8.09. The number of aliphatic hydroxyl groups excluding tert-OH is 1. The van der Waals surface area contributed by atoms with Crippen molar-refractivity contribution < 1.29 is 5.11 Å². The molecule has 2 rings (SSSR count). The molecule has 11 heavy (non-hydrogen) atoms. The van der Waals surface area contributed by atoms with Crippen LogP contribution in [0.25, 0.3) is 0 Å². The third-order valence-electron chi connectivity index (χ3n) is 2.22. The van der Waals surface area contributed by atoms with Crippen molar-refractivity contribution in [2.24, 2.45) is 0 Å². The summed E-state index contributed by atoms with van der Waals surface area (Å²) in [5.74, 6) is 0. The summed E-state index contributed by atoms with van der Waals surface area (Å²) in [5, 5.41) is 9.44. The van der Waals surface area contributed by atoms with E-state index in [1.54, 1.807) is 0 Å². The van der Waals surface area contributed by atoms with Gasteiger partial charge in [0.05, 0.1) is 0 Å². The van der Waals surface area contributed by atoms with E-state index < -0.39 is 0 Å². The zero-order chi connectivity index (χ0) is 7.84. The SMILES string of the molecule is CN1c2ccccc2CC1O. The number of benzene rings is 1. The molecular formula is C9H11NO. The van der Waals surface area contributed by atoms with Gasteiger partial charge in [-0.15, -0.1) is 0 Å². The number of rotatable bonds is 0. The molecule has 1 aromatic carbocycles. The molecule has 0 saturated carbocycles. The number of hydrogen-bond acceptors (Lipinski definition) is 2. The lowest BCUT2D eigenvalue weighted by Gasteiger charge is -2.16. The Labute approximate surface area is 66.1 Å². The summed E-state index contributed by atoms with van der Waals surface area (Å²) in [4.78, 5) is 1.90. The molecule has 1 aliphatic rings. The lowest BCUT2D eigenvalue weighted by atomic mass is 10.2. The minimum atomic E-state index is -0.326. The number of hydrogen-bond donors (Lipinski definition) is 1. The number of para-hydroxylation sites is 1. The molecule has 0 aromatic heterocycles. The monoisotopic (exact) mass is 149 g/mol. The van der Waals surface area contributed by atoms with Gasteiger partial charge in [0, 0.05) is 19.2 Å². The normalized spacial score (nSPS) is 22.0. The highest BCUT2D eigenvalue weighted by Crippen LogP contribution is 2.28. The second-order valence-electron chi connectivity index (χ2n) is 2.92. The van der Waals surface area contributed by atoms with Gasteiger partial charge in [0.1, 0.15) is 6.23 Å². The summed E-state index contributed by atoms with van der Waals surface area (Å²) in [7, 11) is 1.91. The molecule has 1 unspecified atom stereocenters. The maximum Gasteiger partial charge on any atom is 0.130 e. The van der Waals surface area contributed by atoms with Crippen molar-refractivity contribution in [1.82, 2.24) is 0 Å². The first-order valence-electron chi connectivity index (χ1n) is 3.78. The van der Waals surface area contributed by atoms with E-state index in [0.717, 1.165) is 12.1 Å². The predicted octanol–water partition coefficient (Wildman–Crippen LogP) is 0.997. The van der Waals surface area contributed by atoms with Gasteiger partial charge >= 0.3 is 0 Å². The van der Waals surface area contributed by atoms with Crippen LogP contribution in [0.4, 0.5) is 5.69 Å². The van der Waals surface area contributed by atoms with Crippen LogP contribution in [-0.2, 0) is 6.42 Å². The third-order valence-corrected chi connectivity index (χ3v) is 2.22. The zero-order valence-corrected chi connectivity index (χ0v) is 6.49. The van der Waals surface area contributed by atoms with Crippen molar-refractivity contribution in [3.63, 3.8) is 0 Å². The van der Waals surface area contributed by atoms with E-state index in [1.807, 2.05) is 30.1 Å². The van der Waals surface area contributed by atoms with Crippen LogP contribution in [0.5, 0.6) is 0 Å². The highest BCUT2D eigenvalue weighted by atomic mass is 16.3. The average molecular weight is 149 g/mol. The number of fused-ring (bicyclic) bond motifs is 1. The van der Waals surface area contributed by atoms with Gasteiger partial charge in [-0.05, 0) is 11.6 Å². The van der Waals surface area contributed by atoms with Crippen LogP contribution < -0.4 is 4.90 Å². The van der Waals surface area contributed by atoms with Crippen LogP contribution in [0.15, 0.2) is 24.3 Å². The summed E-state index contributed by atoms with van der Waals surface area (Å²) in [6.45, 7) is 0. The summed E-state index contributed by atoms with van der Waals surface area (Å²) in [6.07, 6.45) is 0.430. The summed E-state index contributed by atoms with van der Waals surface area (Å²) in [5.41, 5.74) is 2.39. The highest BCUT2D eigenvalue weighted by molar-refractivity contribution is 5.57. The van der Waals surface area contributed by atoms with E-state index in [4.69, 9.17) is 0 Å². The van der Waals surface area contributed by atoms with Gasteiger partial charge in [0.15, 0.2) is 0 Å². The second-order valence-corrected chi connectivity index (χ2v) is 2.92. The fourth-order valence-corrected chi connectivity index (χ4v) is 1.52. The molecule has 1 N–H and O–H groups in total. The minimum absolute atomic E-state index is 0.326. The van der Waals surface area contributed by atoms with Crippen LogP contribution in [-0.4, -0.2) is 18.4 Å².